The Morgan fingerprint density at radius 1 is 1.16 bits per heavy atom. The number of aryl methyl sites for hydroxylation is 1. The number of rotatable bonds is 6. The van der Waals surface area contributed by atoms with Crippen molar-refractivity contribution in [2.45, 2.75) is 32.2 Å². The van der Waals surface area contributed by atoms with Crippen molar-refractivity contribution in [1.82, 2.24) is 24.9 Å². The van der Waals surface area contributed by atoms with Gasteiger partial charge in [-0.05, 0) is 62.2 Å². The molecule has 0 radical (unpaired) electrons. The van der Waals surface area contributed by atoms with Gasteiger partial charge in [-0.15, -0.1) is 24.0 Å². The molecule has 1 aromatic heterocycles. The summed E-state index contributed by atoms with van der Waals surface area (Å²) in [4.78, 5) is 9.31. The summed E-state index contributed by atoms with van der Waals surface area (Å²) in [5, 5.41) is 7.91. The number of halogens is 2. The number of nitrogens with zero attached hydrogens (tertiary/aromatic N) is 5. The molecule has 0 saturated carbocycles. The number of hydrogen-bond donors (Lipinski definition) is 1. The van der Waals surface area contributed by atoms with Crippen LogP contribution in [0.4, 0.5) is 4.39 Å². The van der Waals surface area contributed by atoms with Crippen LogP contribution in [0.5, 0.6) is 0 Å². The Bertz CT molecular complexity index is 877. The molecule has 1 aromatic carbocycles. The van der Waals surface area contributed by atoms with Gasteiger partial charge in [0.2, 0.25) is 0 Å². The fourth-order valence-electron chi connectivity index (χ4n) is 4.89. The molecule has 1 N–H and O–H groups in total. The molecule has 1 unspecified atom stereocenters. The van der Waals surface area contributed by atoms with Gasteiger partial charge in [-0.3, -0.25) is 14.6 Å². The van der Waals surface area contributed by atoms with Gasteiger partial charge in [0.05, 0.1) is 6.20 Å². The van der Waals surface area contributed by atoms with Crippen LogP contribution >= 0.6 is 24.0 Å². The lowest BCUT2D eigenvalue weighted by molar-refractivity contribution is 0.176. The lowest BCUT2D eigenvalue weighted by Gasteiger charge is -2.33. The van der Waals surface area contributed by atoms with Crippen molar-refractivity contribution in [3.63, 3.8) is 0 Å². The van der Waals surface area contributed by atoms with E-state index >= 15 is 0 Å². The smallest absolute Gasteiger partial charge is 0.193 e. The summed E-state index contributed by atoms with van der Waals surface area (Å²) in [6, 6.07) is 7.12. The van der Waals surface area contributed by atoms with Gasteiger partial charge in [-0.1, -0.05) is 18.2 Å². The minimum absolute atomic E-state index is 0. The largest absolute Gasteiger partial charge is 0.356 e. The number of aliphatic imine (C=N–C) groups is 1. The van der Waals surface area contributed by atoms with E-state index in [4.69, 9.17) is 0 Å². The van der Waals surface area contributed by atoms with Gasteiger partial charge in [0.15, 0.2) is 5.96 Å². The SMILES string of the molecule is CN=C(NCC1CCN(Cc2ccccc2F)CC1)N1CCC(Cc2cnn(C)c2)C1.I. The van der Waals surface area contributed by atoms with Gasteiger partial charge in [-0.25, -0.2) is 4.39 Å². The Balaban J connectivity index is 0.00000289. The standard InChI is InChI=1S/C24H35FN6.HI/c1-26-24(31-12-9-20(17-31)13-21-15-28-29(2)16-21)27-14-19-7-10-30(11-8-19)18-22-5-3-4-6-23(22)25;/h3-6,15-16,19-20H,7-14,17-18H2,1-2H3,(H,26,27);1H. The van der Waals surface area contributed by atoms with E-state index in [1.165, 1.54) is 12.0 Å². The molecular formula is C24H36FIN6. The van der Waals surface area contributed by atoms with Crippen molar-refractivity contribution in [3.05, 3.63) is 53.6 Å². The molecule has 8 heteroatoms. The average molecular weight is 554 g/mol. The normalized spacial score (nSPS) is 20.4. The van der Waals surface area contributed by atoms with Crippen LogP contribution < -0.4 is 5.32 Å². The molecule has 1 atom stereocenters. The van der Waals surface area contributed by atoms with Gasteiger partial charge >= 0.3 is 0 Å². The molecule has 0 bridgehead atoms. The van der Waals surface area contributed by atoms with Crippen LogP contribution in [0, 0.1) is 17.7 Å². The predicted octanol–water partition coefficient (Wildman–Crippen LogP) is 3.53. The topological polar surface area (TPSA) is 48.7 Å². The monoisotopic (exact) mass is 554 g/mol. The summed E-state index contributed by atoms with van der Waals surface area (Å²) in [5.41, 5.74) is 2.12. The molecule has 32 heavy (non-hydrogen) atoms. The highest BCUT2D eigenvalue weighted by Gasteiger charge is 2.26. The molecule has 176 valence electrons. The predicted molar refractivity (Wildman–Crippen MR) is 138 cm³/mol. The molecule has 4 rings (SSSR count). The fraction of sp³-hybridized carbons (Fsp3) is 0.583. The Labute approximate surface area is 208 Å². The zero-order valence-electron chi connectivity index (χ0n) is 19.2. The van der Waals surface area contributed by atoms with Gasteiger partial charge in [0.1, 0.15) is 5.82 Å². The maximum Gasteiger partial charge on any atom is 0.193 e. The molecule has 2 saturated heterocycles. The van der Waals surface area contributed by atoms with E-state index in [1.807, 2.05) is 37.1 Å². The second-order valence-corrected chi connectivity index (χ2v) is 9.07. The molecule has 6 nitrogen and oxygen atoms in total. The highest BCUT2D eigenvalue weighted by Crippen LogP contribution is 2.22. The third-order valence-corrected chi connectivity index (χ3v) is 6.69. The summed E-state index contributed by atoms with van der Waals surface area (Å²) in [6.45, 7) is 5.83. The lowest BCUT2D eigenvalue weighted by atomic mass is 9.96. The highest BCUT2D eigenvalue weighted by molar-refractivity contribution is 14.0. The zero-order valence-corrected chi connectivity index (χ0v) is 21.5. The van der Waals surface area contributed by atoms with E-state index in [-0.39, 0.29) is 29.8 Å². The number of benzene rings is 1. The fourth-order valence-corrected chi connectivity index (χ4v) is 4.89. The Kier molecular flexibility index (Phi) is 9.34. The molecule has 0 amide bonds. The lowest BCUT2D eigenvalue weighted by Crippen LogP contribution is -2.44. The molecule has 0 aliphatic carbocycles. The third-order valence-electron chi connectivity index (χ3n) is 6.69. The number of likely N-dealkylation sites (tertiary alicyclic amines) is 2. The first-order chi connectivity index (χ1) is 15.1. The van der Waals surface area contributed by atoms with Crippen LogP contribution in [-0.4, -0.2) is 65.3 Å². The summed E-state index contributed by atoms with van der Waals surface area (Å²) in [7, 11) is 3.86. The van der Waals surface area contributed by atoms with E-state index in [2.05, 4.69) is 31.4 Å². The van der Waals surface area contributed by atoms with Crippen LogP contribution in [-0.2, 0) is 20.0 Å². The summed E-state index contributed by atoms with van der Waals surface area (Å²) in [5.74, 6) is 2.23. The molecular weight excluding hydrogens is 518 g/mol. The van der Waals surface area contributed by atoms with Crippen LogP contribution in [0.25, 0.3) is 0 Å². The van der Waals surface area contributed by atoms with Crippen molar-refractivity contribution in [2.24, 2.45) is 23.9 Å². The first-order valence-corrected chi connectivity index (χ1v) is 11.5. The quantitative estimate of drug-likeness (QED) is 0.338. The number of hydrogen-bond acceptors (Lipinski definition) is 3. The zero-order chi connectivity index (χ0) is 21.6. The minimum atomic E-state index is -0.0949. The average Bonchev–Trinajstić information content (AvgIpc) is 3.40. The Morgan fingerprint density at radius 3 is 2.59 bits per heavy atom. The van der Waals surface area contributed by atoms with E-state index in [9.17, 15) is 4.39 Å². The summed E-state index contributed by atoms with van der Waals surface area (Å²) < 4.78 is 15.8. The van der Waals surface area contributed by atoms with Crippen molar-refractivity contribution >= 4 is 29.9 Å². The molecule has 2 aliphatic rings. The number of nitrogens with one attached hydrogen (secondary N) is 1. The second kappa shape index (κ2) is 12.0. The van der Waals surface area contributed by atoms with Gasteiger partial charge < -0.3 is 10.2 Å². The van der Waals surface area contributed by atoms with Crippen LogP contribution in [0.15, 0.2) is 41.7 Å². The molecule has 0 spiro atoms. The first kappa shape index (κ1) is 25.0. The number of aromatic nitrogens is 2. The van der Waals surface area contributed by atoms with Crippen molar-refractivity contribution < 1.29 is 4.39 Å². The van der Waals surface area contributed by atoms with Crippen molar-refractivity contribution in [1.29, 1.82) is 0 Å². The second-order valence-electron chi connectivity index (χ2n) is 9.07. The molecule has 2 aromatic rings. The molecule has 3 heterocycles. The number of guanidine groups is 1. The maximum atomic E-state index is 13.9. The Morgan fingerprint density at radius 2 is 1.91 bits per heavy atom. The van der Waals surface area contributed by atoms with Crippen molar-refractivity contribution in [2.75, 3.05) is 39.8 Å². The van der Waals surface area contributed by atoms with E-state index in [0.29, 0.717) is 18.4 Å². The van der Waals surface area contributed by atoms with Gasteiger partial charge in [-0.2, -0.15) is 5.10 Å². The highest BCUT2D eigenvalue weighted by atomic mass is 127. The molecule has 2 fully saturated rings. The van der Waals surface area contributed by atoms with Gasteiger partial charge in [0, 0.05) is 52.0 Å². The number of piperidine rings is 1. The van der Waals surface area contributed by atoms with Crippen LogP contribution in [0.3, 0.4) is 0 Å². The van der Waals surface area contributed by atoms with Crippen LogP contribution in [0.2, 0.25) is 0 Å². The Hall–Kier alpha value is -1.68. The van der Waals surface area contributed by atoms with Crippen LogP contribution in [0.1, 0.15) is 30.4 Å². The van der Waals surface area contributed by atoms with E-state index in [0.717, 1.165) is 63.5 Å². The first-order valence-electron chi connectivity index (χ1n) is 11.5. The molecule has 2 aliphatic heterocycles. The van der Waals surface area contributed by atoms with Crippen molar-refractivity contribution in [3.8, 4) is 0 Å². The summed E-state index contributed by atoms with van der Waals surface area (Å²) >= 11 is 0. The summed E-state index contributed by atoms with van der Waals surface area (Å²) in [6.07, 6.45) is 8.67. The maximum absolute atomic E-state index is 13.9. The van der Waals surface area contributed by atoms with E-state index < -0.39 is 0 Å². The minimum Gasteiger partial charge on any atom is -0.356 e. The van der Waals surface area contributed by atoms with Gasteiger partial charge in [0.25, 0.3) is 0 Å². The third kappa shape index (κ3) is 6.66. The van der Waals surface area contributed by atoms with E-state index in [1.54, 1.807) is 12.1 Å².